The number of nitrogens with zero attached hydrogens (tertiary/aromatic N) is 4. The topological polar surface area (TPSA) is 115 Å². The minimum absolute atomic E-state index is 0.0485. The fourth-order valence-corrected chi connectivity index (χ4v) is 9.45. The smallest absolute Gasteiger partial charge is 0.407 e. The molecule has 0 spiro atoms. The Bertz CT molecular complexity index is 2410. The molecule has 0 unspecified atom stereocenters. The molecule has 4 fully saturated rings. The van der Waals surface area contributed by atoms with Crippen LogP contribution in [0.2, 0.25) is 0 Å². The number of hydrogen-bond donors (Lipinski definition) is 2. The molecule has 2 aliphatic heterocycles. The van der Waals surface area contributed by atoms with Gasteiger partial charge in [-0.25, -0.2) is 13.6 Å². The molecule has 0 radical (unpaired) electrons. The lowest BCUT2D eigenvalue weighted by Crippen LogP contribution is -2.42. The Morgan fingerprint density at radius 3 is 1.81 bits per heavy atom. The molecule has 4 heterocycles. The molecule has 4 aromatic rings. The first-order valence-electron chi connectivity index (χ1n) is 21.5. The summed E-state index contributed by atoms with van der Waals surface area (Å²) in [6.07, 6.45) is 7.72. The van der Waals surface area contributed by atoms with Crippen LogP contribution < -0.4 is 32.0 Å². The summed E-state index contributed by atoms with van der Waals surface area (Å²) in [4.78, 5) is 42.0. The van der Waals surface area contributed by atoms with Crippen molar-refractivity contribution in [3.8, 4) is 0 Å². The molecular weight excluding hydrogens is 751 g/mol. The van der Waals surface area contributed by atoms with Gasteiger partial charge < -0.3 is 34.7 Å². The van der Waals surface area contributed by atoms with Crippen LogP contribution in [0.5, 0.6) is 0 Å². The molecule has 2 aromatic heterocycles. The van der Waals surface area contributed by atoms with Crippen LogP contribution in [0.1, 0.15) is 114 Å². The lowest BCUT2D eigenvalue weighted by atomic mass is 10.0. The number of carbonyl (C=O) groups excluding carboxylic acids is 1. The summed E-state index contributed by atoms with van der Waals surface area (Å²) in [6, 6.07) is 6.90. The van der Waals surface area contributed by atoms with Gasteiger partial charge in [0.25, 0.3) is 11.1 Å². The van der Waals surface area contributed by atoms with E-state index in [9.17, 15) is 14.4 Å². The van der Waals surface area contributed by atoms with E-state index in [1.807, 2.05) is 69.4 Å². The number of aromatic nitrogens is 2. The van der Waals surface area contributed by atoms with Crippen molar-refractivity contribution in [1.82, 2.24) is 14.5 Å². The van der Waals surface area contributed by atoms with Gasteiger partial charge in [0, 0.05) is 73.3 Å². The van der Waals surface area contributed by atoms with Crippen molar-refractivity contribution in [2.24, 2.45) is 17.6 Å². The number of fused-ring (bicyclic) bond motifs is 2. The van der Waals surface area contributed by atoms with E-state index in [2.05, 4.69) is 16.8 Å². The molecule has 2 aromatic carbocycles. The van der Waals surface area contributed by atoms with Gasteiger partial charge in [-0.1, -0.05) is 19.6 Å². The number of benzene rings is 2. The number of alkyl carbamates (subject to hydrolysis) is 1. The van der Waals surface area contributed by atoms with Crippen molar-refractivity contribution in [2.45, 2.75) is 130 Å². The number of carbonyl (C=O) groups is 1. The molecule has 3 N–H and O–H groups in total. The summed E-state index contributed by atoms with van der Waals surface area (Å²) in [5, 5.41) is 4.54. The Morgan fingerprint density at radius 2 is 1.34 bits per heavy atom. The van der Waals surface area contributed by atoms with Crippen molar-refractivity contribution in [3.05, 3.63) is 85.4 Å². The maximum Gasteiger partial charge on any atom is 0.407 e. The predicted molar refractivity (Wildman–Crippen MR) is 235 cm³/mol. The molecule has 8 rings (SSSR count). The summed E-state index contributed by atoms with van der Waals surface area (Å²) >= 11 is 0. The Balaban J connectivity index is 0.000000184. The Kier molecular flexibility index (Phi) is 11.8. The fourth-order valence-electron chi connectivity index (χ4n) is 9.45. The quantitative estimate of drug-likeness (QED) is 0.174. The molecule has 1 amide bonds. The number of ether oxygens (including phenoxy) is 1. The number of rotatable bonds is 9. The average Bonchev–Trinajstić information content (AvgIpc) is 4.08. The molecule has 12 heteroatoms. The normalized spacial score (nSPS) is 20.5. The monoisotopic (exact) mass is 812 g/mol. The number of pyridine rings is 2. The van der Waals surface area contributed by atoms with Crippen molar-refractivity contribution in [2.75, 3.05) is 36.0 Å². The molecule has 59 heavy (non-hydrogen) atoms. The Hall–Kier alpha value is -4.71. The SMILES string of the molecule is C=Cc1cc(=O)n(C2CC2)c2c(C)c(N3CC[C@@H]([C@H](C)NC(=O)OC(C)(C)C)C3)c(F)cc12.CCc1cc(=O)n(C2CC2)c2c(C)c(N3CC[C@@H]([C@H](C)N)C3)c(F)cc12. The molecule has 10 nitrogen and oxygen atoms in total. The molecule has 2 aliphatic carbocycles. The largest absolute Gasteiger partial charge is 0.444 e. The highest BCUT2D eigenvalue weighted by Gasteiger charge is 2.35. The number of amides is 1. The zero-order valence-corrected chi connectivity index (χ0v) is 36.1. The Labute approximate surface area is 346 Å². The van der Waals surface area contributed by atoms with E-state index in [1.165, 1.54) is 0 Å². The summed E-state index contributed by atoms with van der Waals surface area (Å²) in [7, 11) is 0. The summed E-state index contributed by atoms with van der Waals surface area (Å²) in [5.74, 6) is 0.0720. The van der Waals surface area contributed by atoms with E-state index in [0.29, 0.717) is 35.9 Å². The summed E-state index contributed by atoms with van der Waals surface area (Å²) < 4.78 is 39.8. The van der Waals surface area contributed by atoms with Gasteiger partial charge >= 0.3 is 6.09 Å². The molecule has 2 saturated heterocycles. The first-order valence-corrected chi connectivity index (χ1v) is 21.5. The Morgan fingerprint density at radius 1 is 0.847 bits per heavy atom. The van der Waals surface area contributed by atoms with E-state index < -0.39 is 11.7 Å². The third-order valence-corrected chi connectivity index (χ3v) is 12.8. The zero-order valence-electron chi connectivity index (χ0n) is 36.1. The summed E-state index contributed by atoms with van der Waals surface area (Å²) in [6.45, 7) is 22.1. The number of hydrogen-bond acceptors (Lipinski definition) is 7. The molecule has 318 valence electrons. The number of nitrogens with two attached hydrogens (primary N) is 1. The van der Waals surface area contributed by atoms with Crippen LogP contribution in [0.15, 0.2) is 40.4 Å². The minimum Gasteiger partial charge on any atom is -0.444 e. The molecule has 2 saturated carbocycles. The van der Waals surface area contributed by atoms with Crippen LogP contribution >= 0.6 is 0 Å². The third-order valence-electron chi connectivity index (χ3n) is 12.8. The maximum atomic E-state index is 15.5. The fraction of sp³-hybridized carbons (Fsp3) is 0.553. The zero-order chi connectivity index (χ0) is 42.7. The highest BCUT2D eigenvalue weighted by Crippen LogP contribution is 2.43. The van der Waals surface area contributed by atoms with Gasteiger partial charge in [-0.05, 0) is 140 Å². The number of anilines is 2. The second-order valence-electron chi connectivity index (χ2n) is 18.4. The van der Waals surface area contributed by atoms with E-state index in [4.69, 9.17) is 10.5 Å². The lowest BCUT2D eigenvalue weighted by molar-refractivity contribution is 0.0494. The van der Waals surface area contributed by atoms with Gasteiger partial charge in [0.15, 0.2) is 0 Å². The summed E-state index contributed by atoms with van der Waals surface area (Å²) in [5.41, 5.74) is 11.7. The standard InChI is InChI=1S/C26H34FN3O3.C21H28FN3O/c1-7-17-12-22(31)30(19-8-9-19)23-15(2)24(21(27)13-20(17)23)29-11-10-18(14-29)16(3)28-25(32)33-26(4,5)6;1-4-14-9-19(26)25(16-5-6-16)20-12(2)21(18(22)10-17(14)20)24-8-7-15(11-24)13(3)23/h7,12-13,16,18-19H,1,8-11,14H2,2-6H3,(H,28,32);9-10,13,15-16H,4-8,11,23H2,1-3H3/t16-,18+;13-,15+/m00/s1. The van der Waals surface area contributed by atoms with Crippen LogP contribution in [0, 0.1) is 37.3 Å². The maximum absolute atomic E-state index is 15.5. The van der Waals surface area contributed by atoms with E-state index in [-0.39, 0.29) is 52.8 Å². The average molecular weight is 813 g/mol. The van der Waals surface area contributed by atoms with Crippen molar-refractivity contribution in [1.29, 1.82) is 0 Å². The first-order chi connectivity index (χ1) is 27.9. The number of aryl methyl sites for hydroxylation is 3. The second-order valence-corrected chi connectivity index (χ2v) is 18.4. The number of nitrogens with one attached hydrogen (secondary N) is 1. The third kappa shape index (κ3) is 8.52. The van der Waals surface area contributed by atoms with Crippen molar-refractivity contribution < 1.29 is 18.3 Å². The van der Waals surface area contributed by atoms with Gasteiger partial charge in [-0.2, -0.15) is 0 Å². The second kappa shape index (κ2) is 16.4. The number of halogens is 2. The van der Waals surface area contributed by atoms with E-state index in [1.54, 1.807) is 30.3 Å². The molecule has 4 aliphatic rings. The van der Waals surface area contributed by atoms with Crippen LogP contribution in [-0.2, 0) is 11.2 Å². The highest BCUT2D eigenvalue weighted by atomic mass is 19.1. The molecule has 0 bridgehead atoms. The van der Waals surface area contributed by atoms with Crippen molar-refractivity contribution >= 4 is 45.3 Å². The predicted octanol–water partition coefficient (Wildman–Crippen LogP) is 8.69. The van der Waals surface area contributed by atoms with Gasteiger partial charge in [0.2, 0.25) is 0 Å². The first kappa shape index (κ1) is 42.4. The van der Waals surface area contributed by atoms with Crippen molar-refractivity contribution in [3.63, 3.8) is 0 Å². The van der Waals surface area contributed by atoms with Crippen LogP contribution in [0.25, 0.3) is 27.9 Å². The van der Waals surface area contributed by atoms with Crippen LogP contribution in [0.3, 0.4) is 0 Å². The molecule has 4 atom stereocenters. The van der Waals surface area contributed by atoms with Gasteiger partial charge in [-0.3, -0.25) is 9.59 Å². The van der Waals surface area contributed by atoms with Gasteiger partial charge in [-0.15, -0.1) is 0 Å². The van der Waals surface area contributed by atoms with Crippen LogP contribution in [0.4, 0.5) is 25.0 Å². The van der Waals surface area contributed by atoms with E-state index in [0.717, 1.165) is 96.5 Å². The van der Waals surface area contributed by atoms with Crippen LogP contribution in [-0.4, -0.2) is 59.1 Å². The lowest BCUT2D eigenvalue weighted by Gasteiger charge is -2.27. The van der Waals surface area contributed by atoms with Gasteiger partial charge in [0.05, 0.1) is 22.4 Å². The van der Waals surface area contributed by atoms with Gasteiger partial charge in [0.1, 0.15) is 17.2 Å². The highest BCUT2D eigenvalue weighted by molar-refractivity contribution is 5.94. The van der Waals surface area contributed by atoms with E-state index >= 15 is 8.78 Å². The minimum atomic E-state index is -0.557. The molecular formula is C47H62F2N6O4.